The van der Waals surface area contributed by atoms with Crippen LogP contribution in [0.5, 0.6) is 0 Å². The second-order valence-corrected chi connectivity index (χ2v) is 7.86. The highest BCUT2D eigenvalue weighted by atomic mass is 19.2. The maximum absolute atomic E-state index is 13.5. The molecule has 1 N–H and O–H groups in total. The summed E-state index contributed by atoms with van der Waals surface area (Å²) in [6.45, 7) is 1.42. The Balaban J connectivity index is 1.21. The van der Waals surface area contributed by atoms with Crippen LogP contribution in [0.15, 0.2) is 42.5 Å². The van der Waals surface area contributed by atoms with Gasteiger partial charge in [0, 0.05) is 24.9 Å². The Labute approximate surface area is 161 Å². The molecule has 28 heavy (non-hydrogen) atoms. The van der Waals surface area contributed by atoms with Crippen molar-refractivity contribution in [1.29, 1.82) is 0 Å². The molecule has 2 fully saturated rings. The fourth-order valence-corrected chi connectivity index (χ4v) is 4.35. The standard InChI is InChI=1S/C22H21F2N3O/c23-17-6-5-14(11-18(17)24)15-12-16(15)22(28)27-9-7-13(8-10-27)21-25-19-3-1-2-4-20(19)26-21/h1-6,11,13,15-16H,7-10,12H2,(H,25,26)/t15-,16+/m0/s1. The number of likely N-dealkylation sites (tertiary alicyclic amines) is 1. The van der Waals surface area contributed by atoms with E-state index in [0.717, 1.165) is 41.3 Å². The molecule has 144 valence electrons. The summed E-state index contributed by atoms with van der Waals surface area (Å²) in [5, 5.41) is 0. The molecule has 2 aliphatic rings. The predicted octanol–water partition coefficient (Wildman–Crippen LogP) is 4.35. The summed E-state index contributed by atoms with van der Waals surface area (Å²) in [5.41, 5.74) is 2.74. The third kappa shape index (κ3) is 3.07. The predicted molar refractivity (Wildman–Crippen MR) is 102 cm³/mol. The van der Waals surface area contributed by atoms with Gasteiger partial charge in [0.2, 0.25) is 5.91 Å². The number of benzene rings is 2. The summed E-state index contributed by atoms with van der Waals surface area (Å²) in [4.78, 5) is 22.8. The third-order valence-corrected chi connectivity index (χ3v) is 6.08. The van der Waals surface area contributed by atoms with Crippen molar-refractivity contribution in [3.05, 3.63) is 65.5 Å². The number of carbonyl (C=O) groups excluding carboxylic acids is 1. The van der Waals surface area contributed by atoms with Gasteiger partial charge < -0.3 is 9.88 Å². The number of imidazole rings is 1. The van der Waals surface area contributed by atoms with Crippen LogP contribution in [0, 0.1) is 17.6 Å². The van der Waals surface area contributed by atoms with Crippen LogP contribution < -0.4 is 0 Å². The van der Waals surface area contributed by atoms with Crippen molar-refractivity contribution in [2.75, 3.05) is 13.1 Å². The van der Waals surface area contributed by atoms with Crippen LogP contribution in [-0.2, 0) is 4.79 Å². The second-order valence-electron chi connectivity index (χ2n) is 7.86. The number of halogens is 2. The fraction of sp³-hybridized carbons (Fsp3) is 0.364. The number of nitrogens with zero attached hydrogens (tertiary/aromatic N) is 2. The molecule has 1 saturated heterocycles. The number of amides is 1. The highest BCUT2D eigenvalue weighted by Crippen LogP contribution is 2.49. The van der Waals surface area contributed by atoms with Crippen molar-refractivity contribution < 1.29 is 13.6 Å². The number of fused-ring (bicyclic) bond motifs is 1. The van der Waals surface area contributed by atoms with Crippen molar-refractivity contribution >= 4 is 16.9 Å². The van der Waals surface area contributed by atoms with Gasteiger partial charge in [0.15, 0.2) is 11.6 Å². The quantitative estimate of drug-likeness (QED) is 0.733. The number of piperidine rings is 1. The van der Waals surface area contributed by atoms with Gasteiger partial charge in [-0.05, 0) is 55.0 Å². The average Bonchev–Trinajstić information content (AvgIpc) is 3.40. The van der Waals surface area contributed by atoms with Crippen LogP contribution >= 0.6 is 0 Å². The Morgan fingerprint density at radius 2 is 1.86 bits per heavy atom. The van der Waals surface area contributed by atoms with Gasteiger partial charge >= 0.3 is 0 Å². The van der Waals surface area contributed by atoms with Gasteiger partial charge in [0.1, 0.15) is 5.82 Å². The van der Waals surface area contributed by atoms with E-state index >= 15 is 0 Å². The highest BCUT2D eigenvalue weighted by Gasteiger charge is 2.46. The number of hydrogen-bond donors (Lipinski definition) is 1. The van der Waals surface area contributed by atoms with Crippen molar-refractivity contribution in [2.24, 2.45) is 5.92 Å². The molecule has 1 amide bonds. The minimum Gasteiger partial charge on any atom is -0.342 e. The van der Waals surface area contributed by atoms with Crippen molar-refractivity contribution in [1.82, 2.24) is 14.9 Å². The lowest BCUT2D eigenvalue weighted by molar-refractivity contribution is -0.133. The van der Waals surface area contributed by atoms with Crippen LogP contribution in [0.1, 0.15) is 42.5 Å². The minimum atomic E-state index is -0.847. The van der Waals surface area contributed by atoms with E-state index in [1.807, 2.05) is 29.2 Å². The van der Waals surface area contributed by atoms with Gasteiger partial charge in [-0.25, -0.2) is 13.8 Å². The Kier molecular flexibility index (Phi) is 4.14. The lowest BCUT2D eigenvalue weighted by Gasteiger charge is -2.31. The van der Waals surface area contributed by atoms with Gasteiger partial charge in [0.25, 0.3) is 0 Å². The first-order valence-corrected chi connectivity index (χ1v) is 9.78. The number of H-pyrrole nitrogens is 1. The first-order chi connectivity index (χ1) is 13.6. The molecule has 4 nitrogen and oxygen atoms in total. The summed E-state index contributed by atoms with van der Waals surface area (Å²) >= 11 is 0. The minimum absolute atomic E-state index is 0.00990. The summed E-state index contributed by atoms with van der Waals surface area (Å²) < 4.78 is 26.6. The monoisotopic (exact) mass is 381 g/mol. The lowest BCUT2D eigenvalue weighted by atomic mass is 9.95. The number of aromatic amines is 1. The van der Waals surface area contributed by atoms with E-state index in [0.29, 0.717) is 25.4 Å². The molecule has 0 spiro atoms. The summed E-state index contributed by atoms with van der Waals surface area (Å²) in [5.74, 6) is -0.319. The molecule has 3 aromatic rings. The van der Waals surface area contributed by atoms with Crippen LogP contribution in [-0.4, -0.2) is 33.9 Å². The maximum atomic E-state index is 13.5. The highest BCUT2D eigenvalue weighted by molar-refractivity contribution is 5.83. The van der Waals surface area contributed by atoms with Crippen molar-refractivity contribution in [3.63, 3.8) is 0 Å². The molecule has 5 rings (SSSR count). The van der Waals surface area contributed by atoms with E-state index < -0.39 is 11.6 Å². The second kappa shape index (κ2) is 6.69. The Morgan fingerprint density at radius 1 is 1.07 bits per heavy atom. The zero-order valence-corrected chi connectivity index (χ0v) is 15.4. The molecule has 0 unspecified atom stereocenters. The lowest BCUT2D eigenvalue weighted by Crippen LogP contribution is -2.39. The maximum Gasteiger partial charge on any atom is 0.226 e. The van der Waals surface area contributed by atoms with Gasteiger partial charge in [-0.1, -0.05) is 18.2 Å². The van der Waals surface area contributed by atoms with Crippen LogP contribution in [0.2, 0.25) is 0 Å². The Bertz CT molecular complexity index is 1010. The van der Waals surface area contributed by atoms with E-state index in [-0.39, 0.29) is 17.7 Å². The van der Waals surface area contributed by atoms with Gasteiger partial charge in [-0.2, -0.15) is 0 Å². The topological polar surface area (TPSA) is 49.0 Å². The zero-order valence-electron chi connectivity index (χ0n) is 15.4. The largest absolute Gasteiger partial charge is 0.342 e. The number of rotatable bonds is 3. The third-order valence-electron chi connectivity index (χ3n) is 6.08. The molecule has 1 aliphatic carbocycles. The Morgan fingerprint density at radius 3 is 2.61 bits per heavy atom. The van der Waals surface area contributed by atoms with Crippen LogP contribution in [0.4, 0.5) is 8.78 Å². The first-order valence-electron chi connectivity index (χ1n) is 9.78. The number of para-hydroxylation sites is 2. The smallest absolute Gasteiger partial charge is 0.226 e. The van der Waals surface area contributed by atoms with Gasteiger partial charge in [0.05, 0.1) is 11.0 Å². The van der Waals surface area contributed by atoms with Crippen LogP contribution in [0.25, 0.3) is 11.0 Å². The number of aromatic nitrogens is 2. The fourth-order valence-electron chi connectivity index (χ4n) is 4.35. The number of nitrogens with one attached hydrogen (secondary N) is 1. The van der Waals surface area contributed by atoms with Gasteiger partial charge in [-0.15, -0.1) is 0 Å². The molecule has 2 aromatic carbocycles. The van der Waals surface area contributed by atoms with E-state index in [1.54, 1.807) is 6.07 Å². The summed E-state index contributed by atoms with van der Waals surface area (Å²) in [6.07, 6.45) is 2.48. The summed E-state index contributed by atoms with van der Waals surface area (Å²) in [6, 6.07) is 11.9. The first kappa shape index (κ1) is 17.3. The average molecular weight is 381 g/mol. The van der Waals surface area contributed by atoms with E-state index in [4.69, 9.17) is 4.98 Å². The molecule has 6 heteroatoms. The molecule has 1 saturated carbocycles. The molecule has 2 heterocycles. The van der Waals surface area contributed by atoms with E-state index in [2.05, 4.69) is 4.98 Å². The van der Waals surface area contributed by atoms with E-state index in [9.17, 15) is 13.6 Å². The SMILES string of the molecule is O=C([C@@H]1C[C@H]1c1ccc(F)c(F)c1)N1CCC(c2nc3ccccc3[nH]2)CC1. The van der Waals surface area contributed by atoms with Crippen molar-refractivity contribution in [2.45, 2.75) is 31.1 Å². The van der Waals surface area contributed by atoms with Gasteiger partial charge in [-0.3, -0.25) is 4.79 Å². The molecule has 1 aliphatic heterocycles. The number of hydrogen-bond acceptors (Lipinski definition) is 2. The normalized spacial score (nSPS) is 22.6. The molecule has 0 radical (unpaired) electrons. The molecule has 1 aromatic heterocycles. The molecule has 0 bridgehead atoms. The zero-order chi connectivity index (χ0) is 19.3. The molecular formula is C22H21F2N3O. The number of carbonyl (C=O) groups is 1. The summed E-state index contributed by atoms with van der Waals surface area (Å²) in [7, 11) is 0. The van der Waals surface area contributed by atoms with E-state index in [1.165, 1.54) is 6.07 Å². The molecular weight excluding hydrogens is 360 g/mol. The molecule has 2 atom stereocenters. The van der Waals surface area contributed by atoms with Crippen molar-refractivity contribution in [3.8, 4) is 0 Å². The van der Waals surface area contributed by atoms with Crippen LogP contribution in [0.3, 0.4) is 0 Å². The Hall–Kier alpha value is -2.76.